The number of aromatic amines is 1. The third kappa shape index (κ3) is 1.30. The van der Waals surface area contributed by atoms with E-state index in [1.54, 1.807) is 18.6 Å². The Labute approximate surface area is 76.1 Å². The monoisotopic (exact) mass is 174 g/mol. The van der Waals surface area contributed by atoms with Gasteiger partial charge in [0.2, 0.25) is 0 Å². The molecule has 4 nitrogen and oxygen atoms in total. The van der Waals surface area contributed by atoms with E-state index in [1.165, 1.54) is 0 Å². The number of nitrogens with one attached hydrogen (secondary N) is 1. The molecule has 2 heterocycles. The summed E-state index contributed by atoms with van der Waals surface area (Å²) in [6, 6.07) is 0. The Morgan fingerprint density at radius 3 is 2.62 bits per heavy atom. The summed E-state index contributed by atoms with van der Waals surface area (Å²) in [4.78, 5) is 8.17. The molecule has 13 heavy (non-hydrogen) atoms. The Morgan fingerprint density at radius 2 is 2.08 bits per heavy atom. The Balaban J connectivity index is 2.53. The number of nitrogens with zero attached hydrogens (tertiary/aromatic N) is 3. The number of aromatic nitrogens is 4. The molecule has 0 bridgehead atoms. The lowest BCUT2D eigenvalue weighted by Gasteiger charge is -1.95. The summed E-state index contributed by atoms with van der Waals surface area (Å²) >= 11 is 0. The number of rotatable bonds is 1. The predicted molar refractivity (Wildman–Crippen MR) is 49.1 cm³/mol. The van der Waals surface area contributed by atoms with Gasteiger partial charge in [-0.05, 0) is 19.4 Å². The van der Waals surface area contributed by atoms with Crippen LogP contribution in [0, 0.1) is 13.8 Å². The van der Waals surface area contributed by atoms with Crippen molar-refractivity contribution in [2.24, 2.45) is 0 Å². The van der Waals surface area contributed by atoms with E-state index in [9.17, 15) is 0 Å². The largest absolute Gasteiger partial charge is 0.282 e. The van der Waals surface area contributed by atoms with Gasteiger partial charge in [0.1, 0.15) is 11.4 Å². The highest BCUT2D eigenvalue weighted by Gasteiger charge is 2.08. The molecule has 0 aliphatic heterocycles. The van der Waals surface area contributed by atoms with Crippen LogP contribution in [-0.4, -0.2) is 20.2 Å². The minimum atomic E-state index is 0.810. The summed E-state index contributed by atoms with van der Waals surface area (Å²) in [5, 5.41) is 7.08. The molecule has 0 aliphatic rings. The van der Waals surface area contributed by atoms with Gasteiger partial charge < -0.3 is 0 Å². The molecule has 0 saturated carbocycles. The Hall–Kier alpha value is -1.71. The zero-order valence-electron chi connectivity index (χ0n) is 7.57. The summed E-state index contributed by atoms with van der Waals surface area (Å²) in [5.41, 5.74) is 3.89. The summed E-state index contributed by atoms with van der Waals surface area (Å²) in [7, 11) is 0. The second-order valence-electron chi connectivity index (χ2n) is 2.91. The highest BCUT2D eigenvalue weighted by atomic mass is 15.1. The first-order valence-electron chi connectivity index (χ1n) is 4.07. The Bertz CT molecular complexity index is 405. The van der Waals surface area contributed by atoms with E-state index in [0.717, 1.165) is 22.6 Å². The van der Waals surface area contributed by atoms with Crippen LogP contribution < -0.4 is 0 Å². The van der Waals surface area contributed by atoms with Crippen molar-refractivity contribution in [3.05, 3.63) is 29.8 Å². The maximum Gasteiger partial charge on any atom is 0.115 e. The zero-order valence-corrected chi connectivity index (χ0v) is 7.57. The lowest BCUT2D eigenvalue weighted by atomic mass is 10.2. The number of hydrogen-bond acceptors (Lipinski definition) is 3. The van der Waals surface area contributed by atoms with Crippen LogP contribution in [0.25, 0.3) is 11.4 Å². The van der Waals surface area contributed by atoms with Crippen LogP contribution in [0.2, 0.25) is 0 Å². The van der Waals surface area contributed by atoms with Crippen LogP contribution in [-0.2, 0) is 0 Å². The van der Waals surface area contributed by atoms with Crippen molar-refractivity contribution in [1.29, 1.82) is 0 Å². The standard InChI is InChI=1S/C9H10N4/c1-6-7(2)12-13-9(6)8-5-10-3-4-11-8/h3-5H,1-2H3,(H,12,13). The van der Waals surface area contributed by atoms with Crippen LogP contribution >= 0.6 is 0 Å². The fourth-order valence-corrected chi connectivity index (χ4v) is 1.16. The number of hydrogen-bond donors (Lipinski definition) is 1. The molecule has 66 valence electrons. The smallest absolute Gasteiger partial charge is 0.115 e. The van der Waals surface area contributed by atoms with Crippen molar-refractivity contribution in [2.75, 3.05) is 0 Å². The molecule has 2 aromatic heterocycles. The molecule has 0 fully saturated rings. The highest BCUT2D eigenvalue weighted by Crippen LogP contribution is 2.18. The first kappa shape index (κ1) is 7.91. The Morgan fingerprint density at radius 1 is 1.23 bits per heavy atom. The van der Waals surface area contributed by atoms with E-state index in [-0.39, 0.29) is 0 Å². The Kier molecular flexibility index (Phi) is 1.81. The van der Waals surface area contributed by atoms with Crippen molar-refractivity contribution in [1.82, 2.24) is 20.2 Å². The van der Waals surface area contributed by atoms with Crippen molar-refractivity contribution < 1.29 is 0 Å². The molecule has 0 aliphatic carbocycles. The van der Waals surface area contributed by atoms with Crippen molar-refractivity contribution >= 4 is 0 Å². The summed E-state index contributed by atoms with van der Waals surface area (Å²) in [6.07, 6.45) is 5.03. The molecule has 0 amide bonds. The van der Waals surface area contributed by atoms with E-state index >= 15 is 0 Å². The van der Waals surface area contributed by atoms with Gasteiger partial charge in [0.15, 0.2) is 0 Å². The molecule has 1 N–H and O–H groups in total. The van der Waals surface area contributed by atoms with E-state index in [2.05, 4.69) is 20.2 Å². The first-order chi connectivity index (χ1) is 6.29. The van der Waals surface area contributed by atoms with E-state index in [0.29, 0.717) is 0 Å². The molecule has 0 unspecified atom stereocenters. The molecule has 0 aromatic carbocycles. The van der Waals surface area contributed by atoms with Gasteiger partial charge in [0.25, 0.3) is 0 Å². The number of aryl methyl sites for hydroxylation is 1. The second-order valence-corrected chi connectivity index (χ2v) is 2.91. The molecule has 2 aromatic rings. The molecule has 0 atom stereocenters. The van der Waals surface area contributed by atoms with Gasteiger partial charge in [-0.25, -0.2) is 0 Å². The average molecular weight is 174 g/mol. The third-order valence-corrected chi connectivity index (χ3v) is 2.06. The molecular weight excluding hydrogens is 164 g/mol. The quantitative estimate of drug-likeness (QED) is 0.712. The molecule has 0 spiro atoms. The van der Waals surface area contributed by atoms with Crippen LogP contribution in [0.5, 0.6) is 0 Å². The fraction of sp³-hybridized carbons (Fsp3) is 0.222. The minimum Gasteiger partial charge on any atom is -0.282 e. The van der Waals surface area contributed by atoms with Gasteiger partial charge in [-0.3, -0.25) is 15.1 Å². The maximum absolute atomic E-state index is 4.18. The SMILES string of the molecule is Cc1[nH]nc(-c2cnccn2)c1C. The maximum atomic E-state index is 4.18. The second kappa shape index (κ2) is 2.97. The van der Waals surface area contributed by atoms with Crippen LogP contribution in [0.15, 0.2) is 18.6 Å². The van der Waals surface area contributed by atoms with Crippen LogP contribution in [0.1, 0.15) is 11.3 Å². The van der Waals surface area contributed by atoms with Gasteiger partial charge in [-0.1, -0.05) is 0 Å². The van der Waals surface area contributed by atoms with E-state index in [1.807, 2.05) is 13.8 Å². The summed E-state index contributed by atoms with van der Waals surface area (Å²) in [6.45, 7) is 4.01. The van der Waals surface area contributed by atoms with Gasteiger partial charge in [-0.15, -0.1) is 0 Å². The highest BCUT2D eigenvalue weighted by molar-refractivity contribution is 5.57. The van der Waals surface area contributed by atoms with Gasteiger partial charge >= 0.3 is 0 Å². The molecule has 0 radical (unpaired) electrons. The van der Waals surface area contributed by atoms with Crippen molar-refractivity contribution in [2.45, 2.75) is 13.8 Å². The third-order valence-electron chi connectivity index (χ3n) is 2.06. The number of H-pyrrole nitrogens is 1. The fourth-order valence-electron chi connectivity index (χ4n) is 1.16. The first-order valence-corrected chi connectivity index (χ1v) is 4.07. The minimum absolute atomic E-state index is 0.810. The van der Waals surface area contributed by atoms with E-state index < -0.39 is 0 Å². The normalized spacial score (nSPS) is 10.3. The van der Waals surface area contributed by atoms with Gasteiger partial charge in [0, 0.05) is 18.1 Å². The molecule has 4 heteroatoms. The molecule has 2 rings (SSSR count). The topological polar surface area (TPSA) is 54.5 Å². The summed E-state index contributed by atoms with van der Waals surface area (Å²) in [5.74, 6) is 0. The van der Waals surface area contributed by atoms with Crippen LogP contribution in [0.4, 0.5) is 0 Å². The predicted octanol–water partition coefficient (Wildman–Crippen LogP) is 1.48. The van der Waals surface area contributed by atoms with Crippen LogP contribution in [0.3, 0.4) is 0 Å². The van der Waals surface area contributed by atoms with Crippen molar-refractivity contribution in [3.8, 4) is 11.4 Å². The lowest BCUT2D eigenvalue weighted by molar-refractivity contribution is 1.04. The summed E-state index contributed by atoms with van der Waals surface area (Å²) < 4.78 is 0. The lowest BCUT2D eigenvalue weighted by Crippen LogP contribution is -1.86. The zero-order chi connectivity index (χ0) is 9.26. The van der Waals surface area contributed by atoms with E-state index in [4.69, 9.17) is 0 Å². The van der Waals surface area contributed by atoms with Gasteiger partial charge in [-0.2, -0.15) is 5.10 Å². The van der Waals surface area contributed by atoms with Crippen molar-refractivity contribution in [3.63, 3.8) is 0 Å². The molecular formula is C9H10N4. The van der Waals surface area contributed by atoms with Gasteiger partial charge in [0.05, 0.1) is 6.20 Å². The molecule has 0 saturated heterocycles. The average Bonchev–Trinajstić information content (AvgIpc) is 2.49.